The predicted molar refractivity (Wildman–Crippen MR) is 126 cm³/mol. The molecular weight excluding hydrogens is 448 g/mol. The van der Waals surface area contributed by atoms with Gasteiger partial charge in [-0.3, -0.25) is 9.69 Å². The lowest BCUT2D eigenvalue weighted by Gasteiger charge is -2.36. The summed E-state index contributed by atoms with van der Waals surface area (Å²) in [4.78, 5) is 17.5. The number of aromatic nitrogens is 1. The van der Waals surface area contributed by atoms with Crippen LogP contribution in [0, 0.1) is 17.6 Å². The predicted octanol–water partition coefficient (Wildman–Crippen LogP) is 4.62. The molecule has 2 heterocycles. The van der Waals surface area contributed by atoms with Crippen LogP contribution in [-0.4, -0.2) is 41.5 Å². The number of carbonyl (C=O) groups excluding carboxylic acids is 1. The van der Waals surface area contributed by atoms with Gasteiger partial charge < -0.3 is 15.5 Å². The highest BCUT2D eigenvalue weighted by Gasteiger charge is 2.33. The Morgan fingerprint density at radius 3 is 2.79 bits per heavy atom. The molecule has 2 aliphatic rings. The summed E-state index contributed by atoms with van der Waals surface area (Å²) in [6, 6.07) is 7.55. The van der Waals surface area contributed by atoms with Crippen molar-refractivity contribution in [3.63, 3.8) is 0 Å². The molecule has 3 N–H and O–H groups in total. The highest BCUT2D eigenvalue weighted by atomic mass is 35.5. The molecule has 5 rings (SSSR count). The van der Waals surface area contributed by atoms with Gasteiger partial charge >= 0.3 is 0 Å². The van der Waals surface area contributed by atoms with Crippen molar-refractivity contribution in [3.8, 4) is 5.75 Å². The molecule has 1 atom stereocenters. The number of fused-ring (bicyclic) bond motifs is 2. The maximum atomic E-state index is 14.3. The van der Waals surface area contributed by atoms with Crippen molar-refractivity contribution in [1.29, 1.82) is 0 Å². The maximum Gasteiger partial charge on any atom is 0.249 e. The first-order chi connectivity index (χ1) is 15.5. The number of halogens is 3. The van der Waals surface area contributed by atoms with Crippen molar-refractivity contribution in [2.24, 2.45) is 11.7 Å². The van der Waals surface area contributed by atoms with Crippen LogP contribution in [-0.2, 0) is 12.8 Å². The largest absolute Gasteiger partial charge is 0.489 e. The Kier molecular flexibility index (Phi) is 6.91. The Morgan fingerprint density at radius 1 is 1.21 bits per heavy atom. The first-order valence-electron chi connectivity index (χ1n) is 11.2. The molecule has 176 valence electrons. The van der Waals surface area contributed by atoms with Crippen LogP contribution in [0.4, 0.5) is 8.78 Å². The summed E-state index contributed by atoms with van der Waals surface area (Å²) >= 11 is 0. The standard InChI is InChI=1S/C25H27F2N3O2.ClH/c26-17-5-8-23-20(10-17)16(12-29-23)2-1-9-30(13-15-3-4-15)18-11-21-19(25(28)31)6-7-22(27)24(21)32-14-18;/h5-8,10,12,15,18,29H,1-4,9,11,13-14H2,(H2,28,31);1H/t18-;/m0./s1. The monoisotopic (exact) mass is 475 g/mol. The van der Waals surface area contributed by atoms with E-state index in [-0.39, 0.29) is 30.0 Å². The normalized spacial score (nSPS) is 17.5. The van der Waals surface area contributed by atoms with E-state index in [0.29, 0.717) is 30.1 Å². The summed E-state index contributed by atoms with van der Waals surface area (Å²) < 4.78 is 33.7. The van der Waals surface area contributed by atoms with E-state index in [9.17, 15) is 13.6 Å². The Morgan fingerprint density at radius 2 is 2.03 bits per heavy atom. The number of hydrogen-bond acceptors (Lipinski definition) is 3. The van der Waals surface area contributed by atoms with Gasteiger partial charge in [0.2, 0.25) is 5.91 Å². The van der Waals surface area contributed by atoms with Gasteiger partial charge in [0, 0.05) is 40.8 Å². The first kappa shape index (κ1) is 23.5. The number of nitrogens with zero attached hydrogens (tertiary/aromatic N) is 1. The molecule has 0 bridgehead atoms. The lowest BCUT2D eigenvalue weighted by Crippen LogP contribution is -2.45. The second-order valence-electron chi connectivity index (χ2n) is 8.98. The summed E-state index contributed by atoms with van der Waals surface area (Å²) in [5.74, 6) is -0.412. The zero-order valence-corrected chi connectivity index (χ0v) is 19.1. The molecule has 1 saturated carbocycles. The minimum Gasteiger partial charge on any atom is -0.489 e. The number of H-pyrrole nitrogens is 1. The van der Waals surface area contributed by atoms with E-state index in [1.54, 1.807) is 12.1 Å². The maximum absolute atomic E-state index is 14.3. The molecule has 5 nitrogen and oxygen atoms in total. The zero-order chi connectivity index (χ0) is 22.2. The lowest BCUT2D eigenvalue weighted by atomic mass is 9.95. The lowest BCUT2D eigenvalue weighted by molar-refractivity contribution is 0.0980. The fourth-order valence-corrected chi connectivity index (χ4v) is 4.78. The number of primary amides is 1. The Balaban J connectivity index is 0.00000259. The quantitative estimate of drug-likeness (QED) is 0.499. The van der Waals surface area contributed by atoms with Crippen molar-refractivity contribution >= 4 is 29.2 Å². The molecule has 2 aromatic carbocycles. The summed E-state index contributed by atoms with van der Waals surface area (Å²) in [7, 11) is 0. The highest BCUT2D eigenvalue weighted by molar-refractivity contribution is 5.95. The minimum absolute atomic E-state index is 0. The highest BCUT2D eigenvalue weighted by Crippen LogP contribution is 2.35. The summed E-state index contributed by atoms with van der Waals surface area (Å²) in [5, 5.41) is 0.926. The van der Waals surface area contributed by atoms with Crippen molar-refractivity contribution in [2.75, 3.05) is 19.7 Å². The number of benzene rings is 2. The second-order valence-corrected chi connectivity index (χ2v) is 8.98. The second kappa shape index (κ2) is 9.69. The molecule has 0 saturated heterocycles. The Labute approximate surface area is 197 Å². The number of carbonyl (C=O) groups is 1. The van der Waals surface area contributed by atoms with Crippen LogP contribution in [0.2, 0.25) is 0 Å². The van der Waals surface area contributed by atoms with E-state index in [2.05, 4.69) is 9.88 Å². The molecule has 0 spiro atoms. The van der Waals surface area contributed by atoms with E-state index in [1.165, 1.54) is 31.0 Å². The van der Waals surface area contributed by atoms with Gasteiger partial charge in [-0.15, -0.1) is 12.4 Å². The van der Waals surface area contributed by atoms with Crippen LogP contribution in [0.25, 0.3) is 10.9 Å². The minimum atomic E-state index is -0.564. The molecule has 3 aromatic rings. The number of ether oxygens (including phenoxy) is 1. The molecule has 1 fully saturated rings. The summed E-state index contributed by atoms with van der Waals surface area (Å²) in [6.45, 7) is 2.20. The van der Waals surface area contributed by atoms with Crippen LogP contribution in [0.3, 0.4) is 0 Å². The molecule has 8 heteroatoms. The summed E-state index contributed by atoms with van der Waals surface area (Å²) in [5.41, 5.74) is 8.48. The number of nitrogens with two attached hydrogens (primary N) is 1. The van der Waals surface area contributed by atoms with Crippen molar-refractivity contribution in [3.05, 3.63) is 64.9 Å². The molecule has 33 heavy (non-hydrogen) atoms. The fourth-order valence-electron chi connectivity index (χ4n) is 4.78. The summed E-state index contributed by atoms with van der Waals surface area (Å²) in [6.07, 6.45) is 6.68. The van der Waals surface area contributed by atoms with Gasteiger partial charge in [-0.1, -0.05) is 0 Å². The molecule has 1 amide bonds. The third kappa shape index (κ3) is 4.99. The van der Waals surface area contributed by atoms with Gasteiger partial charge in [0.25, 0.3) is 0 Å². The number of aryl methyl sites for hydroxylation is 1. The van der Waals surface area contributed by atoms with Gasteiger partial charge in [0.1, 0.15) is 12.4 Å². The van der Waals surface area contributed by atoms with Crippen LogP contribution < -0.4 is 10.5 Å². The first-order valence-corrected chi connectivity index (χ1v) is 11.2. The zero-order valence-electron chi connectivity index (χ0n) is 18.3. The van der Waals surface area contributed by atoms with Crippen LogP contribution in [0.1, 0.15) is 40.7 Å². The molecule has 1 aromatic heterocycles. The van der Waals surface area contributed by atoms with E-state index >= 15 is 0 Å². The van der Waals surface area contributed by atoms with E-state index in [0.717, 1.165) is 42.4 Å². The SMILES string of the molecule is Cl.NC(=O)c1ccc(F)c2c1C[C@H](N(CCCc1c[nH]c3ccc(F)cc13)CC1CC1)CO2. The number of nitrogens with one attached hydrogen (secondary N) is 1. The molecule has 0 unspecified atom stereocenters. The molecule has 1 aliphatic carbocycles. The van der Waals surface area contributed by atoms with Crippen molar-refractivity contribution in [2.45, 2.75) is 38.1 Å². The smallest absolute Gasteiger partial charge is 0.249 e. The molecule has 0 radical (unpaired) electrons. The Hall–Kier alpha value is -2.64. The van der Waals surface area contributed by atoms with Gasteiger partial charge in [-0.2, -0.15) is 0 Å². The molecule has 1 aliphatic heterocycles. The molecular formula is C25H28ClF2N3O2. The van der Waals surface area contributed by atoms with Gasteiger partial charge in [-0.25, -0.2) is 8.78 Å². The topological polar surface area (TPSA) is 71.4 Å². The van der Waals surface area contributed by atoms with E-state index in [4.69, 9.17) is 10.5 Å². The third-order valence-electron chi connectivity index (χ3n) is 6.66. The average Bonchev–Trinajstić information content (AvgIpc) is 3.51. The van der Waals surface area contributed by atoms with Gasteiger partial charge in [0.05, 0.1) is 0 Å². The fraction of sp³-hybridized carbons (Fsp3) is 0.400. The number of aromatic amines is 1. The average molecular weight is 476 g/mol. The number of rotatable bonds is 8. The van der Waals surface area contributed by atoms with Crippen LogP contribution in [0.15, 0.2) is 36.5 Å². The third-order valence-corrected chi connectivity index (χ3v) is 6.66. The van der Waals surface area contributed by atoms with Crippen molar-refractivity contribution < 1.29 is 18.3 Å². The van der Waals surface area contributed by atoms with Gasteiger partial charge in [-0.05, 0) is 80.5 Å². The van der Waals surface area contributed by atoms with Crippen LogP contribution >= 0.6 is 12.4 Å². The van der Waals surface area contributed by atoms with E-state index in [1.807, 2.05) is 6.20 Å². The number of hydrogen-bond donors (Lipinski definition) is 2. The van der Waals surface area contributed by atoms with Gasteiger partial charge in [0.15, 0.2) is 11.6 Å². The number of amides is 1. The Bertz CT molecular complexity index is 1160. The van der Waals surface area contributed by atoms with Crippen molar-refractivity contribution in [1.82, 2.24) is 9.88 Å². The van der Waals surface area contributed by atoms with Crippen LogP contribution in [0.5, 0.6) is 5.75 Å². The van der Waals surface area contributed by atoms with E-state index < -0.39 is 11.7 Å².